The highest BCUT2D eigenvalue weighted by Crippen LogP contribution is 2.15. The molecule has 0 bridgehead atoms. The third kappa shape index (κ3) is 4.55. The predicted molar refractivity (Wildman–Crippen MR) is 66.4 cm³/mol. The van der Waals surface area contributed by atoms with Gasteiger partial charge in [0.1, 0.15) is 0 Å². The lowest BCUT2D eigenvalue weighted by atomic mass is 10.3. The lowest BCUT2D eigenvalue weighted by Crippen LogP contribution is -2.41. The number of carbonyl (C=O) groups excluding carboxylic acids is 2. The molecule has 1 heterocycles. The SMILES string of the molecule is Cl.NCC(F)(F)CNC(=O)c1cc(C(N)=O)cs1. The van der Waals surface area contributed by atoms with Crippen LogP contribution in [0, 0.1) is 0 Å². The standard InChI is InChI=1S/C9H11F2N3O2S.ClH/c10-9(11,3-12)4-14-8(16)6-1-5(2-17-6)7(13)15;/h1-2H,3-4,12H2,(H2,13,15)(H,14,16);1H. The summed E-state index contributed by atoms with van der Waals surface area (Å²) in [7, 11) is 0. The van der Waals surface area contributed by atoms with Crippen molar-refractivity contribution in [1.29, 1.82) is 0 Å². The van der Waals surface area contributed by atoms with Crippen LogP contribution in [0.15, 0.2) is 11.4 Å². The van der Waals surface area contributed by atoms with Crippen LogP contribution in [-0.2, 0) is 0 Å². The first-order chi connectivity index (χ1) is 7.85. The molecule has 5 N–H and O–H groups in total. The average molecular weight is 300 g/mol. The van der Waals surface area contributed by atoms with Crippen molar-refractivity contribution in [3.63, 3.8) is 0 Å². The first-order valence-corrected chi connectivity index (χ1v) is 5.48. The Hall–Kier alpha value is -1.25. The van der Waals surface area contributed by atoms with Crippen molar-refractivity contribution in [1.82, 2.24) is 5.32 Å². The molecule has 0 saturated heterocycles. The molecule has 0 saturated carbocycles. The quantitative estimate of drug-likeness (QED) is 0.742. The molecule has 2 amide bonds. The summed E-state index contributed by atoms with van der Waals surface area (Å²) in [6, 6.07) is 1.25. The summed E-state index contributed by atoms with van der Waals surface area (Å²) in [6.45, 7) is -1.68. The zero-order valence-corrected chi connectivity index (χ0v) is 10.7. The fourth-order valence-corrected chi connectivity index (χ4v) is 1.77. The van der Waals surface area contributed by atoms with E-state index in [0.29, 0.717) is 0 Å². The highest BCUT2D eigenvalue weighted by Gasteiger charge is 2.27. The number of carbonyl (C=O) groups is 2. The molecule has 18 heavy (non-hydrogen) atoms. The number of hydrogen-bond donors (Lipinski definition) is 3. The number of primary amides is 1. The van der Waals surface area contributed by atoms with Gasteiger partial charge >= 0.3 is 0 Å². The average Bonchev–Trinajstić information content (AvgIpc) is 2.75. The normalized spacial score (nSPS) is 10.6. The minimum Gasteiger partial charge on any atom is -0.366 e. The van der Waals surface area contributed by atoms with Crippen molar-refractivity contribution in [2.45, 2.75) is 5.92 Å². The summed E-state index contributed by atoms with van der Waals surface area (Å²) in [5.41, 5.74) is 9.98. The van der Waals surface area contributed by atoms with E-state index < -0.39 is 30.8 Å². The Morgan fingerprint density at radius 2 is 2.06 bits per heavy atom. The van der Waals surface area contributed by atoms with Crippen molar-refractivity contribution >= 4 is 35.6 Å². The van der Waals surface area contributed by atoms with Gasteiger partial charge < -0.3 is 16.8 Å². The molecular formula is C9H12ClF2N3O2S. The molecule has 0 radical (unpaired) electrons. The topological polar surface area (TPSA) is 98.2 Å². The van der Waals surface area contributed by atoms with Crippen LogP contribution in [0.3, 0.4) is 0 Å². The second-order valence-electron chi connectivity index (χ2n) is 3.31. The molecule has 1 rings (SSSR count). The number of rotatable bonds is 5. The van der Waals surface area contributed by atoms with Crippen molar-refractivity contribution in [2.75, 3.05) is 13.1 Å². The molecule has 0 fully saturated rings. The molecule has 0 atom stereocenters. The maximum Gasteiger partial charge on any atom is 0.277 e. The van der Waals surface area contributed by atoms with Crippen LogP contribution < -0.4 is 16.8 Å². The monoisotopic (exact) mass is 299 g/mol. The maximum absolute atomic E-state index is 12.8. The van der Waals surface area contributed by atoms with Crippen molar-refractivity contribution in [3.8, 4) is 0 Å². The van der Waals surface area contributed by atoms with Crippen LogP contribution in [0.5, 0.6) is 0 Å². The number of amides is 2. The summed E-state index contributed by atoms with van der Waals surface area (Å²) in [5.74, 6) is -4.50. The number of halogens is 3. The fraction of sp³-hybridized carbons (Fsp3) is 0.333. The highest BCUT2D eigenvalue weighted by molar-refractivity contribution is 7.12. The van der Waals surface area contributed by atoms with E-state index in [9.17, 15) is 18.4 Å². The summed E-state index contributed by atoms with van der Waals surface area (Å²) >= 11 is 0.955. The molecule has 5 nitrogen and oxygen atoms in total. The van der Waals surface area contributed by atoms with Crippen LogP contribution in [0.4, 0.5) is 8.78 Å². The third-order valence-corrected chi connectivity index (χ3v) is 2.84. The van der Waals surface area contributed by atoms with Gasteiger partial charge in [-0.05, 0) is 6.07 Å². The van der Waals surface area contributed by atoms with Gasteiger partial charge in [0, 0.05) is 5.38 Å². The molecule has 0 aliphatic carbocycles. The van der Waals surface area contributed by atoms with Gasteiger partial charge in [-0.15, -0.1) is 23.7 Å². The molecular weight excluding hydrogens is 288 g/mol. The Kier molecular flexibility index (Phi) is 6.16. The molecule has 0 aliphatic rings. The minimum absolute atomic E-state index is 0. The lowest BCUT2D eigenvalue weighted by molar-refractivity contribution is 0.0119. The Morgan fingerprint density at radius 1 is 1.44 bits per heavy atom. The zero-order chi connectivity index (χ0) is 13.1. The van der Waals surface area contributed by atoms with E-state index in [1.165, 1.54) is 11.4 Å². The zero-order valence-electron chi connectivity index (χ0n) is 9.11. The van der Waals surface area contributed by atoms with Gasteiger partial charge in [0.25, 0.3) is 11.8 Å². The van der Waals surface area contributed by atoms with E-state index in [0.717, 1.165) is 11.3 Å². The predicted octanol–water partition coefficient (Wildman–Crippen LogP) is 0.593. The van der Waals surface area contributed by atoms with Gasteiger partial charge in [0.2, 0.25) is 5.91 Å². The van der Waals surface area contributed by atoms with Gasteiger partial charge in [0.05, 0.1) is 23.5 Å². The first-order valence-electron chi connectivity index (χ1n) is 4.60. The summed E-state index contributed by atoms with van der Waals surface area (Å²) in [6.07, 6.45) is 0. The second kappa shape index (κ2) is 6.62. The van der Waals surface area contributed by atoms with Gasteiger partial charge in [0.15, 0.2) is 0 Å². The molecule has 0 spiro atoms. The summed E-state index contributed by atoms with van der Waals surface area (Å²) in [4.78, 5) is 22.3. The van der Waals surface area contributed by atoms with Crippen LogP contribution >= 0.6 is 23.7 Å². The molecule has 0 aromatic carbocycles. The van der Waals surface area contributed by atoms with Gasteiger partial charge in [-0.25, -0.2) is 8.78 Å². The van der Waals surface area contributed by atoms with E-state index >= 15 is 0 Å². The van der Waals surface area contributed by atoms with Crippen molar-refractivity contribution in [2.24, 2.45) is 11.5 Å². The van der Waals surface area contributed by atoms with Crippen LogP contribution in [-0.4, -0.2) is 30.8 Å². The summed E-state index contributed by atoms with van der Waals surface area (Å²) < 4.78 is 25.5. The molecule has 9 heteroatoms. The Morgan fingerprint density at radius 3 is 2.50 bits per heavy atom. The minimum atomic E-state index is -3.14. The largest absolute Gasteiger partial charge is 0.366 e. The molecule has 0 unspecified atom stereocenters. The van der Waals surface area contributed by atoms with Gasteiger partial charge in [-0.3, -0.25) is 9.59 Å². The lowest BCUT2D eigenvalue weighted by Gasteiger charge is -2.13. The molecule has 102 valence electrons. The van der Waals surface area contributed by atoms with Crippen molar-refractivity contribution in [3.05, 3.63) is 21.9 Å². The third-order valence-electron chi connectivity index (χ3n) is 1.91. The van der Waals surface area contributed by atoms with Crippen LogP contribution in [0.1, 0.15) is 20.0 Å². The highest BCUT2D eigenvalue weighted by atomic mass is 35.5. The molecule has 1 aromatic heterocycles. The number of thiophene rings is 1. The number of nitrogens with one attached hydrogen (secondary N) is 1. The smallest absolute Gasteiger partial charge is 0.277 e. The maximum atomic E-state index is 12.8. The molecule has 1 aromatic rings. The Labute approximate surface area is 112 Å². The Balaban J connectivity index is 0.00000289. The number of nitrogens with two attached hydrogens (primary N) is 2. The van der Waals surface area contributed by atoms with E-state index in [1.54, 1.807) is 0 Å². The molecule has 0 aliphatic heterocycles. The fourth-order valence-electron chi connectivity index (χ4n) is 0.953. The van der Waals surface area contributed by atoms with E-state index in [1.807, 2.05) is 5.32 Å². The first kappa shape index (κ1) is 16.8. The van der Waals surface area contributed by atoms with Crippen LogP contribution in [0.25, 0.3) is 0 Å². The van der Waals surface area contributed by atoms with E-state index in [2.05, 4.69) is 0 Å². The summed E-state index contributed by atoms with van der Waals surface area (Å²) in [5, 5.41) is 3.42. The van der Waals surface area contributed by atoms with Crippen molar-refractivity contribution < 1.29 is 18.4 Å². The van der Waals surface area contributed by atoms with Gasteiger partial charge in [-0.1, -0.05) is 0 Å². The van der Waals surface area contributed by atoms with E-state index in [-0.39, 0.29) is 22.8 Å². The number of hydrogen-bond acceptors (Lipinski definition) is 4. The van der Waals surface area contributed by atoms with Crippen LogP contribution in [0.2, 0.25) is 0 Å². The second-order valence-corrected chi connectivity index (χ2v) is 4.22. The van der Waals surface area contributed by atoms with Gasteiger partial charge in [-0.2, -0.15) is 0 Å². The van der Waals surface area contributed by atoms with E-state index in [4.69, 9.17) is 11.5 Å². The number of alkyl halides is 2. The Bertz CT molecular complexity index is 439.